The lowest BCUT2D eigenvalue weighted by atomic mass is 10.0. The van der Waals surface area contributed by atoms with Crippen LogP contribution in [-0.2, 0) is 6.42 Å². The van der Waals surface area contributed by atoms with Crippen molar-refractivity contribution < 1.29 is 4.74 Å². The summed E-state index contributed by atoms with van der Waals surface area (Å²) in [6.07, 6.45) is 2.33. The molecule has 0 spiro atoms. The monoisotopic (exact) mass is 225 g/mol. The molecular weight excluding hydrogens is 210 g/mol. The van der Waals surface area contributed by atoms with Gasteiger partial charge >= 0.3 is 0 Å². The molecule has 0 radical (unpaired) electrons. The Morgan fingerprint density at radius 2 is 1.82 bits per heavy atom. The highest BCUT2D eigenvalue weighted by Crippen LogP contribution is 2.28. The van der Waals surface area contributed by atoms with Crippen LogP contribution in [0.2, 0.25) is 0 Å². The second-order valence-corrected chi connectivity index (χ2v) is 4.26. The Kier molecular flexibility index (Phi) is 2.70. The predicted octanol–water partition coefficient (Wildman–Crippen LogP) is 3.84. The molecule has 0 aromatic heterocycles. The van der Waals surface area contributed by atoms with Crippen molar-refractivity contribution >= 4 is 5.69 Å². The van der Waals surface area contributed by atoms with Gasteiger partial charge in [-0.25, -0.2) is 0 Å². The van der Waals surface area contributed by atoms with Gasteiger partial charge in [-0.1, -0.05) is 18.2 Å². The summed E-state index contributed by atoms with van der Waals surface area (Å²) >= 11 is 0. The number of aryl methyl sites for hydroxylation is 1. The van der Waals surface area contributed by atoms with E-state index < -0.39 is 0 Å². The highest BCUT2D eigenvalue weighted by atomic mass is 16.5. The molecule has 1 aliphatic heterocycles. The van der Waals surface area contributed by atoms with Crippen LogP contribution >= 0.6 is 0 Å². The molecular formula is C15H15NO. The van der Waals surface area contributed by atoms with Gasteiger partial charge in [-0.15, -0.1) is 0 Å². The molecule has 2 aromatic rings. The van der Waals surface area contributed by atoms with Crippen molar-refractivity contribution in [1.29, 1.82) is 0 Å². The zero-order chi connectivity index (χ0) is 11.5. The number of anilines is 1. The molecule has 0 amide bonds. The molecule has 0 saturated heterocycles. The van der Waals surface area contributed by atoms with Gasteiger partial charge in [-0.3, -0.25) is 0 Å². The molecule has 2 heteroatoms. The van der Waals surface area contributed by atoms with Crippen LogP contribution in [0.25, 0.3) is 0 Å². The van der Waals surface area contributed by atoms with Crippen molar-refractivity contribution in [3.05, 3.63) is 54.1 Å². The first-order valence-corrected chi connectivity index (χ1v) is 6.01. The zero-order valence-corrected chi connectivity index (χ0v) is 9.65. The summed E-state index contributed by atoms with van der Waals surface area (Å²) in [5, 5.41) is 3.40. The summed E-state index contributed by atoms with van der Waals surface area (Å²) in [5.74, 6) is 1.80. The van der Waals surface area contributed by atoms with E-state index in [1.807, 2.05) is 36.4 Å². The Hall–Kier alpha value is -1.96. The van der Waals surface area contributed by atoms with Crippen molar-refractivity contribution in [1.82, 2.24) is 0 Å². The van der Waals surface area contributed by atoms with Crippen LogP contribution in [0.3, 0.4) is 0 Å². The number of hydrogen-bond acceptors (Lipinski definition) is 2. The van der Waals surface area contributed by atoms with Gasteiger partial charge in [0.15, 0.2) is 0 Å². The molecule has 17 heavy (non-hydrogen) atoms. The van der Waals surface area contributed by atoms with Crippen molar-refractivity contribution in [3.63, 3.8) is 0 Å². The number of fused-ring (bicyclic) bond motifs is 1. The van der Waals surface area contributed by atoms with Crippen molar-refractivity contribution in [3.8, 4) is 11.5 Å². The van der Waals surface area contributed by atoms with Crippen LogP contribution in [0.15, 0.2) is 48.5 Å². The first-order valence-electron chi connectivity index (χ1n) is 6.01. The van der Waals surface area contributed by atoms with Gasteiger partial charge in [-0.2, -0.15) is 0 Å². The van der Waals surface area contributed by atoms with Crippen LogP contribution in [-0.4, -0.2) is 6.54 Å². The summed E-state index contributed by atoms with van der Waals surface area (Å²) in [6, 6.07) is 16.1. The zero-order valence-electron chi connectivity index (χ0n) is 9.65. The van der Waals surface area contributed by atoms with E-state index in [0.717, 1.165) is 24.5 Å². The van der Waals surface area contributed by atoms with E-state index >= 15 is 0 Å². The number of benzene rings is 2. The number of ether oxygens (including phenoxy) is 1. The molecule has 1 aliphatic rings. The van der Waals surface area contributed by atoms with Gasteiger partial charge in [0.25, 0.3) is 0 Å². The maximum atomic E-state index is 5.82. The van der Waals surface area contributed by atoms with Gasteiger partial charge in [-0.05, 0) is 48.7 Å². The van der Waals surface area contributed by atoms with Gasteiger partial charge in [0.05, 0.1) is 0 Å². The summed E-state index contributed by atoms with van der Waals surface area (Å²) in [5.41, 5.74) is 2.60. The SMILES string of the molecule is c1ccc(Oc2ccc3c(c2)CCCN3)cc1. The molecule has 0 aliphatic carbocycles. The number of rotatable bonds is 2. The Labute approximate surface area is 101 Å². The van der Waals surface area contributed by atoms with Crippen molar-refractivity contribution in [2.24, 2.45) is 0 Å². The maximum absolute atomic E-state index is 5.82. The fourth-order valence-corrected chi connectivity index (χ4v) is 2.14. The molecule has 1 heterocycles. The summed E-state index contributed by atoms with van der Waals surface area (Å²) in [7, 11) is 0. The van der Waals surface area contributed by atoms with Crippen LogP contribution in [0.5, 0.6) is 11.5 Å². The third-order valence-corrected chi connectivity index (χ3v) is 2.99. The van der Waals surface area contributed by atoms with Crippen LogP contribution in [0, 0.1) is 0 Å². The lowest BCUT2D eigenvalue weighted by Gasteiger charge is -2.18. The van der Waals surface area contributed by atoms with E-state index in [9.17, 15) is 0 Å². The molecule has 0 fully saturated rings. The molecule has 0 saturated carbocycles. The van der Waals surface area contributed by atoms with Crippen molar-refractivity contribution in [2.75, 3.05) is 11.9 Å². The standard InChI is InChI=1S/C15H15NO/c1-2-6-13(7-3-1)17-14-8-9-15-12(11-14)5-4-10-16-15/h1-3,6-9,11,16H,4-5,10H2. The Balaban J connectivity index is 1.84. The van der Waals surface area contributed by atoms with E-state index in [1.165, 1.54) is 17.7 Å². The minimum absolute atomic E-state index is 0.885. The largest absolute Gasteiger partial charge is 0.457 e. The Morgan fingerprint density at radius 3 is 2.71 bits per heavy atom. The third-order valence-electron chi connectivity index (χ3n) is 2.99. The molecule has 1 N–H and O–H groups in total. The van der Waals surface area contributed by atoms with Gasteiger partial charge in [0.2, 0.25) is 0 Å². The molecule has 2 aromatic carbocycles. The Morgan fingerprint density at radius 1 is 0.941 bits per heavy atom. The smallest absolute Gasteiger partial charge is 0.127 e. The molecule has 0 atom stereocenters. The van der Waals surface area contributed by atoms with E-state index in [0.29, 0.717) is 0 Å². The first kappa shape index (κ1) is 10.2. The summed E-state index contributed by atoms with van der Waals surface area (Å²) < 4.78 is 5.82. The molecule has 86 valence electrons. The molecule has 0 unspecified atom stereocenters. The first-order chi connectivity index (χ1) is 8.42. The minimum atomic E-state index is 0.885. The fraction of sp³-hybridized carbons (Fsp3) is 0.200. The van der Waals surface area contributed by atoms with Crippen LogP contribution in [0.1, 0.15) is 12.0 Å². The maximum Gasteiger partial charge on any atom is 0.127 e. The normalized spacial score (nSPS) is 13.6. The van der Waals surface area contributed by atoms with Gasteiger partial charge in [0.1, 0.15) is 11.5 Å². The molecule has 0 bridgehead atoms. The summed E-state index contributed by atoms with van der Waals surface area (Å²) in [6.45, 7) is 1.08. The molecule has 2 nitrogen and oxygen atoms in total. The third kappa shape index (κ3) is 2.26. The highest BCUT2D eigenvalue weighted by molar-refractivity contribution is 5.56. The number of nitrogens with one attached hydrogen (secondary N) is 1. The average Bonchev–Trinajstić information content (AvgIpc) is 2.40. The topological polar surface area (TPSA) is 21.3 Å². The Bertz CT molecular complexity index is 508. The number of hydrogen-bond donors (Lipinski definition) is 1. The average molecular weight is 225 g/mol. The predicted molar refractivity (Wildman–Crippen MR) is 69.8 cm³/mol. The second-order valence-electron chi connectivity index (χ2n) is 4.26. The van der Waals surface area contributed by atoms with Crippen LogP contribution < -0.4 is 10.1 Å². The van der Waals surface area contributed by atoms with E-state index in [1.54, 1.807) is 0 Å². The van der Waals surface area contributed by atoms with E-state index in [4.69, 9.17) is 4.74 Å². The quantitative estimate of drug-likeness (QED) is 0.838. The van der Waals surface area contributed by atoms with Crippen molar-refractivity contribution in [2.45, 2.75) is 12.8 Å². The van der Waals surface area contributed by atoms with E-state index in [-0.39, 0.29) is 0 Å². The fourth-order valence-electron chi connectivity index (χ4n) is 2.14. The second kappa shape index (κ2) is 4.50. The summed E-state index contributed by atoms with van der Waals surface area (Å²) in [4.78, 5) is 0. The van der Waals surface area contributed by atoms with E-state index in [2.05, 4.69) is 17.4 Å². The lowest BCUT2D eigenvalue weighted by Crippen LogP contribution is -2.11. The highest BCUT2D eigenvalue weighted by Gasteiger charge is 2.09. The lowest BCUT2D eigenvalue weighted by molar-refractivity contribution is 0.482. The molecule has 3 rings (SSSR count). The van der Waals surface area contributed by atoms with Gasteiger partial charge in [0, 0.05) is 12.2 Å². The minimum Gasteiger partial charge on any atom is -0.457 e. The van der Waals surface area contributed by atoms with Gasteiger partial charge < -0.3 is 10.1 Å². The van der Waals surface area contributed by atoms with Crippen LogP contribution in [0.4, 0.5) is 5.69 Å². The number of para-hydroxylation sites is 1.